The highest BCUT2D eigenvalue weighted by molar-refractivity contribution is 5.86. The summed E-state index contributed by atoms with van der Waals surface area (Å²) in [5.74, 6) is 0.339. The molecular formula is C25H24N2. The molecule has 134 valence electrons. The van der Waals surface area contributed by atoms with Gasteiger partial charge in [0, 0.05) is 34.2 Å². The second-order valence-corrected chi connectivity index (χ2v) is 7.61. The van der Waals surface area contributed by atoms with E-state index in [9.17, 15) is 0 Å². The van der Waals surface area contributed by atoms with Gasteiger partial charge in [0.25, 0.3) is 0 Å². The number of aryl methyl sites for hydroxylation is 2. The van der Waals surface area contributed by atoms with Gasteiger partial charge in [0.2, 0.25) is 0 Å². The lowest BCUT2D eigenvalue weighted by Gasteiger charge is -2.34. The first-order chi connectivity index (χ1) is 13.3. The van der Waals surface area contributed by atoms with Gasteiger partial charge in [-0.3, -0.25) is 0 Å². The van der Waals surface area contributed by atoms with Gasteiger partial charge in [0.1, 0.15) is 0 Å². The van der Waals surface area contributed by atoms with E-state index in [2.05, 4.69) is 96.1 Å². The number of nitrogens with one attached hydrogen (secondary N) is 2. The van der Waals surface area contributed by atoms with E-state index < -0.39 is 0 Å². The predicted molar refractivity (Wildman–Crippen MR) is 113 cm³/mol. The van der Waals surface area contributed by atoms with Crippen molar-refractivity contribution in [1.82, 2.24) is 4.98 Å². The van der Waals surface area contributed by atoms with Crippen LogP contribution in [-0.2, 0) is 6.42 Å². The van der Waals surface area contributed by atoms with Gasteiger partial charge in [-0.2, -0.15) is 0 Å². The molecule has 0 saturated carbocycles. The fourth-order valence-corrected chi connectivity index (χ4v) is 4.60. The lowest BCUT2D eigenvalue weighted by Crippen LogP contribution is -2.33. The Labute approximate surface area is 160 Å². The van der Waals surface area contributed by atoms with Gasteiger partial charge in [-0.1, -0.05) is 60.7 Å². The average molecular weight is 352 g/mol. The predicted octanol–water partition coefficient (Wildman–Crippen LogP) is 6.04. The Morgan fingerprint density at radius 3 is 2.56 bits per heavy atom. The van der Waals surface area contributed by atoms with Crippen LogP contribution < -0.4 is 5.32 Å². The van der Waals surface area contributed by atoms with E-state index in [-0.39, 0.29) is 0 Å². The van der Waals surface area contributed by atoms with Gasteiger partial charge in [-0.05, 0) is 54.7 Å². The lowest BCUT2D eigenvalue weighted by molar-refractivity contribution is 0.548. The summed E-state index contributed by atoms with van der Waals surface area (Å²) >= 11 is 0. The second kappa shape index (κ2) is 6.62. The average Bonchev–Trinajstić information content (AvgIpc) is 3.07. The second-order valence-electron chi connectivity index (χ2n) is 7.61. The summed E-state index contributed by atoms with van der Waals surface area (Å²) in [6.07, 6.45) is 2.20. The number of para-hydroxylation sites is 1. The van der Waals surface area contributed by atoms with Crippen molar-refractivity contribution in [2.75, 3.05) is 5.32 Å². The number of H-pyrrole nitrogens is 1. The number of aromatic amines is 1. The van der Waals surface area contributed by atoms with Crippen LogP contribution in [0.3, 0.4) is 0 Å². The molecule has 0 aliphatic heterocycles. The van der Waals surface area contributed by atoms with Gasteiger partial charge < -0.3 is 10.3 Å². The van der Waals surface area contributed by atoms with E-state index in [1.807, 2.05) is 0 Å². The molecule has 1 heterocycles. The van der Waals surface area contributed by atoms with Crippen LogP contribution >= 0.6 is 0 Å². The molecule has 0 spiro atoms. The molecule has 0 amide bonds. The van der Waals surface area contributed by atoms with Crippen molar-refractivity contribution in [2.24, 2.45) is 0 Å². The molecule has 3 aromatic carbocycles. The van der Waals surface area contributed by atoms with Crippen molar-refractivity contribution >= 4 is 16.6 Å². The van der Waals surface area contributed by atoms with Crippen LogP contribution in [0.2, 0.25) is 0 Å². The number of rotatable bonds is 3. The minimum absolute atomic E-state index is 0.339. The van der Waals surface area contributed by atoms with Crippen molar-refractivity contribution in [3.05, 3.63) is 101 Å². The number of benzene rings is 3. The molecule has 0 saturated heterocycles. The van der Waals surface area contributed by atoms with E-state index >= 15 is 0 Å². The third kappa shape index (κ3) is 2.91. The Hall–Kier alpha value is -3.00. The Kier molecular flexibility index (Phi) is 3.97. The summed E-state index contributed by atoms with van der Waals surface area (Å²) in [4.78, 5) is 3.68. The Morgan fingerprint density at radius 1 is 0.889 bits per heavy atom. The van der Waals surface area contributed by atoms with Crippen LogP contribution in [0.4, 0.5) is 5.69 Å². The van der Waals surface area contributed by atoms with E-state index in [4.69, 9.17) is 0 Å². The number of anilines is 1. The standard InChI is InChI=1S/C25H24N2/c1-17-8-7-11-19(16-17)26-22-14-15-23-25(20-12-5-6-13-21(20)27-23)24(22)18-9-3-2-4-10-18/h2-13,16,22,24,26-27H,14-15H2,1H3. The summed E-state index contributed by atoms with van der Waals surface area (Å²) < 4.78 is 0. The van der Waals surface area contributed by atoms with Gasteiger partial charge in [-0.15, -0.1) is 0 Å². The number of fused-ring (bicyclic) bond motifs is 3. The fraction of sp³-hybridized carbons (Fsp3) is 0.200. The molecule has 0 bridgehead atoms. The van der Waals surface area contributed by atoms with E-state index in [1.165, 1.54) is 39.0 Å². The molecule has 1 aromatic heterocycles. The third-order valence-corrected chi connectivity index (χ3v) is 5.78. The molecule has 2 N–H and O–H groups in total. The van der Waals surface area contributed by atoms with Crippen LogP contribution in [0.1, 0.15) is 34.7 Å². The molecule has 2 nitrogen and oxygen atoms in total. The van der Waals surface area contributed by atoms with Gasteiger partial charge in [-0.25, -0.2) is 0 Å². The minimum atomic E-state index is 0.339. The molecule has 1 aliphatic carbocycles. The summed E-state index contributed by atoms with van der Waals surface area (Å²) in [5, 5.41) is 5.21. The topological polar surface area (TPSA) is 27.8 Å². The molecule has 2 unspecified atom stereocenters. The molecular weight excluding hydrogens is 328 g/mol. The highest BCUT2D eigenvalue weighted by atomic mass is 14.9. The Morgan fingerprint density at radius 2 is 1.70 bits per heavy atom. The number of hydrogen-bond donors (Lipinski definition) is 2. The van der Waals surface area contributed by atoms with Crippen LogP contribution in [-0.4, -0.2) is 11.0 Å². The summed E-state index contributed by atoms with van der Waals surface area (Å²) in [5.41, 5.74) is 8.00. The number of aromatic nitrogens is 1. The van der Waals surface area contributed by atoms with Crippen LogP contribution in [0.5, 0.6) is 0 Å². The van der Waals surface area contributed by atoms with Crippen molar-refractivity contribution in [3.63, 3.8) is 0 Å². The summed E-state index contributed by atoms with van der Waals surface area (Å²) in [7, 11) is 0. The van der Waals surface area contributed by atoms with E-state index in [1.54, 1.807) is 0 Å². The van der Waals surface area contributed by atoms with Crippen molar-refractivity contribution < 1.29 is 0 Å². The van der Waals surface area contributed by atoms with Crippen LogP contribution in [0.15, 0.2) is 78.9 Å². The SMILES string of the molecule is Cc1cccc(NC2CCc3[nH]c4ccccc4c3C2c2ccccc2)c1. The zero-order valence-electron chi connectivity index (χ0n) is 15.6. The Balaban J connectivity index is 1.63. The van der Waals surface area contributed by atoms with E-state index in [0.717, 1.165) is 12.8 Å². The lowest BCUT2D eigenvalue weighted by atomic mass is 9.77. The van der Waals surface area contributed by atoms with Gasteiger partial charge in [0.15, 0.2) is 0 Å². The monoisotopic (exact) mass is 352 g/mol. The normalized spacial score (nSPS) is 19.0. The van der Waals surface area contributed by atoms with Crippen LogP contribution in [0, 0.1) is 6.92 Å². The summed E-state index contributed by atoms with van der Waals surface area (Å²) in [6.45, 7) is 2.15. The first-order valence-corrected chi connectivity index (χ1v) is 9.77. The smallest absolute Gasteiger partial charge is 0.0459 e. The fourth-order valence-electron chi connectivity index (χ4n) is 4.60. The van der Waals surface area contributed by atoms with Gasteiger partial charge in [0.05, 0.1) is 0 Å². The van der Waals surface area contributed by atoms with Crippen molar-refractivity contribution in [2.45, 2.75) is 31.7 Å². The number of hydrogen-bond acceptors (Lipinski definition) is 1. The van der Waals surface area contributed by atoms with E-state index in [0.29, 0.717) is 12.0 Å². The largest absolute Gasteiger partial charge is 0.381 e. The minimum Gasteiger partial charge on any atom is -0.381 e. The first kappa shape index (κ1) is 16.2. The zero-order valence-corrected chi connectivity index (χ0v) is 15.6. The van der Waals surface area contributed by atoms with Crippen molar-refractivity contribution in [3.8, 4) is 0 Å². The molecule has 2 heteroatoms. The van der Waals surface area contributed by atoms with Gasteiger partial charge >= 0.3 is 0 Å². The first-order valence-electron chi connectivity index (χ1n) is 9.77. The molecule has 4 aromatic rings. The maximum atomic E-state index is 3.85. The van der Waals surface area contributed by atoms with Crippen molar-refractivity contribution in [1.29, 1.82) is 0 Å². The summed E-state index contributed by atoms with van der Waals surface area (Å²) in [6, 6.07) is 28.8. The molecule has 1 aliphatic rings. The molecule has 2 atom stereocenters. The highest BCUT2D eigenvalue weighted by Crippen LogP contribution is 2.42. The molecule has 5 rings (SSSR count). The quantitative estimate of drug-likeness (QED) is 0.462. The van der Waals surface area contributed by atoms with Crippen LogP contribution in [0.25, 0.3) is 10.9 Å². The maximum absolute atomic E-state index is 3.85. The molecule has 0 radical (unpaired) electrons. The third-order valence-electron chi connectivity index (χ3n) is 5.78. The molecule has 0 fully saturated rings. The zero-order chi connectivity index (χ0) is 18.2. The molecule has 27 heavy (non-hydrogen) atoms. The highest BCUT2D eigenvalue weighted by Gasteiger charge is 2.33. The Bertz CT molecular complexity index is 1080. The maximum Gasteiger partial charge on any atom is 0.0459 e.